The van der Waals surface area contributed by atoms with E-state index in [-0.39, 0.29) is 34.4 Å². The molecular weight excluding hydrogens is 866 g/mol. The van der Waals surface area contributed by atoms with Crippen LogP contribution in [0.4, 0.5) is 17.1 Å². The molecule has 65 heavy (non-hydrogen) atoms. The van der Waals surface area contributed by atoms with Crippen molar-refractivity contribution in [2.24, 2.45) is 11.3 Å². The Hall–Kier alpha value is -5.48. The molecule has 5 aromatic rings. The van der Waals surface area contributed by atoms with Gasteiger partial charge >= 0.3 is 0 Å². The number of H-pyrrole nitrogens is 1. The van der Waals surface area contributed by atoms with Crippen LogP contribution in [-0.2, 0) is 14.8 Å². The summed E-state index contributed by atoms with van der Waals surface area (Å²) in [5, 5.41) is 16.8. The SMILES string of the molecule is CC1(C)CCC(CN2CCN(c3ccc(C(=O)NS(=O)(=O)c4ccc(NCC5CCOCC5)c([N+](=O)[O-])c4)c(Oc4cnc5[nH]ccc5c4)c3)[C@@H]3CCCC[C@H]32)=C(c2ccc(Cl)cc2)C1. The minimum atomic E-state index is -4.57. The lowest BCUT2D eigenvalue weighted by Gasteiger charge is -2.51. The number of aromatic amines is 1. The molecule has 14 nitrogen and oxygen atoms in total. The number of nitrogens with zero attached hydrogens (tertiary/aromatic N) is 4. The predicted octanol–water partition coefficient (Wildman–Crippen LogP) is 9.97. The van der Waals surface area contributed by atoms with Crippen LogP contribution >= 0.6 is 11.6 Å². The van der Waals surface area contributed by atoms with E-state index in [0.717, 1.165) is 99.6 Å². The number of halogens is 1. The molecule has 0 unspecified atom stereocenters. The van der Waals surface area contributed by atoms with E-state index in [1.165, 1.54) is 28.8 Å². The summed E-state index contributed by atoms with van der Waals surface area (Å²) in [6.07, 6.45) is 12.5. The van der Waals surface area contributed by atoms with Gasteiger partial charge in [0.15, 0.2) is 0 Å². The molecule has 2 saturated heterocycles. The van der Waals surface area contributed by atoms with Crippen molar-refractivity contribution < 1.29 is 27.6 Å². The number of pyridine rings is 1. The van der Waals surface area contributed by atoms with Gasteiger partial charge in [-0.3, -0.25) is 19.8 Å². The molecule has 3 fully saturated rings. The average Bonchev–Trinajstić information content (AvgIpc) is 3.77. The van der Waals surface area contributed by atoms with Crippen LogP contribution in [0.25, 0.3) is 16.6 Å². The number of hydrogen-bond donors (Lipinski definition) is 3. The molecule has 1 amide bonds. The topological polar surface area (TPSA) is 172 Å². The average molecular weight is 923 g/mol. The molecule has 2 atom stereocenters. The zero-order valence-corrected chi connectivity index (χ0v) is 38.4. The van der Waals surface area contributed by atoms with Crippen molar-refractivity contribution >= 4 is 61.2 Å². The molecule has 3 aromatic carbocycles. The molecule has 0 spiro atoms. The van der Waals surface area contributed by atoms with E-state index in [1.54, 1.807) is 24.5 Å². The van der Waals surface area contributed by atoms with E-state index in [0.29, 0.717) is 37.2 Å². The highest BCUT2D eigenvalue weighted by Gasteiger charge is 2.40. The Morgan fingerprint density at radius 2 is 1.78 bits per heavy atom. The van der Waals surface area contributed by atoms with Crippen molar-refractivity contribution in [1.82, 2.24) is 19.6 Å². The third-order valence-corrected chi connectivity index (χ3v) is 15.3. The van der Waals surface area contributed by atoms with Gasteiger partial charge in [0.25, 0.3) is 21.6 Å². The van der Waals surface area contributed by atoms with Crippen molar-refractivity contribution in [2.75, 3.05) is 49.6 Å². The lowest BCUT2D eigenvalue weighted by atomic mass is 9.72. The number of fused-ring (bicyclic) bond motifs is 2. The van der Waals surface area contributed by atoms with Gasteiger partial charge in [-0.2, -0.15) is 0 Å². The number of allylic oxidation sites excluding steroid dienone is 1. The maximum atomic E-state index is 14.1. The number of nitro groups is 1. The first-order chi connectivity index (χ1) is 31.3. The number of sulfonamides is 1. The number of nitro benzene ring substituents is 1. The van der Waals surface area contributed by atoms with E-state index < -0.39 is 31.4 Å². The van der Waals surface area contributed by atoms with Crippen LogP contribution in [0.5, 0.6) is 11.5 Å². The molecule has 1 saturated carbocycles. The normalized spacial score (nSPS) is 20.6. The first kappa shape index (κ1) is 44.7. The molecule has 2 aromatic heterocycles. The largest absolute Gasteiger partial charge is 0.455 e. The summed E-state index contributed by atoms with van der Waals surface area (Å²) < 4.78 is 41.7. The van der Waals surface area contributed by atoms with Crippen LogP contribution < -0.4 is 19.7 Å². The molecule has 16 heteroatoms. The van der Waals surface area contributed by atoms with Crippen molar-refractivity contribution in [3.05, 3.63) is 117 Å². The summed E-state index contributed by atoms with van der Waals surface area (Å²) in [7, 11) is -4.57. The highest BCUT2D eigenvalue weighted by atomic mass is 35.5. The fourth-order valence-corrected chi connectivity index (χ4v) is 11.3. The van der Waals surface area contributed by atoms with E-state index >= 15 is 0 Å². The van der Waals surface area contributed by atoms with Crippen LogP contribution in [0.3, 0.4) is 0 Å². The highest BCUT2D eigenvalue weighted by molar-refractivity contribution is 7.90. The van der Waals surface area contributed by atoms with Gasteiger partial charge in [-0.25, -0.2) is 18.1 Å². The Labute approximate surface area is 384 Å². The minimum absolute atomic E-state index is 0.0172. The second kappa shape index (κ2) is 18.8. The summed E-state index contributed by atoms with van der Waals surface area (Å²) in [6, 6.07) is 21.4. The molecule has 9 rings (SSSR count). The molecule has 2 aliphatic carbocycles. The first-order valence-electron chi connectivity index (χ1n) is 22.7. The molecule has 3 N–H and O–H groups in total. The zero-order valence-electron chi connectivity index (χ0n) is 36.9. The van der Waals surface area contributed by atoms with Crippen molar-refractivity contribution in [3.63, 3.8) is 0 Å². The number of nitrogens with one attached hydrogen (secondary N) is 3. The Balaban J connectivity index is 0.985. The number of hydrogen-bond acceptors (Lipinski definition) is 11. The number of aromatic nitrogens is 2. The monoisotopic (exact) mass is 921 g/mol. The third-order valence-electron chi connectivity index (χ3n) is 13.7. The second-order valence-corrected chi connectivity index (χ2v) is 20.8. The van der Waals surface area contributed by atoms with Crippen LogP contribution in [0.15, 0.2) is 95.7 Å². The van der Waals surface area contributed by atoms with Crippen molar-refractivity contribution in [1.29, 1.82) is 0 Å². The van der Waals surface area contributed by atoms with Crippen LogP contribution in [0.2, 0.25) is 5.02 Å². The molecule has 0 radical (unpaired) electrons. The lowest BCUT2D eigenvalue weighted by Crippen LogP contribution is -2.61. The Bertz CT molecular complexity index is 2720. The summed E-state index contributed by atoms with van der Waals surface area (Å²) in [4.78, 5) is 37.9. The predicted molar refractivity (Wildman–Crippen MR) is 253 cm³/mol. The van der Waals surface area contributed by atoms with Gasteiger partial charge in [0.1, 0.15) is 22.8 Å². The fourth-order valence-electron chi connectivity index (χ4n) is 10.2. The van der Waals surface area contributed by atoms with E-state index in [1.807, 2.05) is 30.3 Å². The Morgan fingerprint density at radius 3 is 2.57 bits per heavy atom. The molecule has 342 valence electrons. The van der Waals surface area contributed by atoms with Crippen LogP contribution in [-0.4, -0.2) is 85.6 Å². The second-order valence-electron chi connectivity index (χ2n) is 18.7. The number of carbonyl (C=O) groups excluding carboxylic acids is 1. The summed E-state index contributed by atoms with van der Waals surface area (Å²) in [5.41, 5.74) is 5.72. The number of piperazine rings is 1. The number of rotatable bonds is 13. The smallest absolute Gasteiger partial charge is 0.293 e. The Kier molecular flexibility index (Phi) is 12.9. The summed E-state index contributed by atoms with van der Waals surface area (Å²) in [5.74, 6) is -0.142. The quantitative estimate of drug-likeness (QED) is 0.0758. The third kappa shape index (κ3) is 10.0. The lowest BCUT2D eigenvalue weighted by molar-refractivity contribution is -0.384. The minimum Gasteiger partial charge on any atom is -0.455 e. The van der Waals surface area contributed by atoms with Crippen LogP contribution in [0, 0.1) is 21.4 Å². The molecule has 0 bridgehead atoms. The highest BCUT2D eigenvalue weighted by Crippen LogP contribution is 2.45. The Morgan fingerprint density at radius 1 is 1.00 bits per heavy atom. The number of benzene rings is 3. The van der Waals surface area contributed by atoms with Crippen molar-refractivity contribution in [3.8, 4) is 11.5 Å². The molecule has 2 aliphatic heterocycles. The van der Waals surface area contributed by atoms with E-state index in [2.05, 4.69) is 55.8 Å². The number of ether oxygens (including phenoxy) is 2. The number of carbonyl (C=O) groups is 1. The van der Waals surface area contributed by atoms with Gasteiger partial charge < -0.3 is 24.7 Å². The first-order valence-corrected chi connectivity index (χ1v) is 24.6. The molecule has 4 aliphatic rings. The van der Waals surface area contributed by atoms with Gasteiger partial charge in [0.2, 0.25) is 0 Å². The maximum absolute atomic E-state index is 14.1. The van der Waals surface area contributed by atoms with Gasteiger partial charge in [0.05, 0.1) is 21.6 Å². The molecular formula is C49H56ClN7O7S. The number of anilines is 2. The van der Waals surface area contributed by atoms with Crippen LogP contribution in [0.1, 0.15) is 87.6 Å². The van der Waals surface area contributed by atoms with Gasteiger partial charge in [0, 0.05) is 85.9 Å². The number of amides is 1. The summed E-state index contributed by atoms with van der Waals surface area (Å²) in [6.45, 7) is 8.98. The van der Waals surface area contributed by atoms with Crippen molar-refractivity contribution in [2.45, 2.75) is 88.6 Å². The van der Waals surface area contributed by atoms with E-state index in [9.17, 15) is 23.3 Å². The van der Waals surface area contributed by atoms with Gasteiger partial charge in [-0.05, 0) is 116 Å². The maximum Gasteiger partial charge on any atom is 0.293 e. The standard InChI is InChI=1S/C49H56ClN7O7S/c1-49(2)19-15-35(41(28-49)33-7-9-36(50)10-8-33)31-55-21-22-56(44-6-4-3-5-43(44)55)37-11-13-40(46(26-37)64-38-25-34-16-20-51-47(34)53-30-38)48(58)54-65(61,62)39-12-14-42(45(27-39)57(59)60)52-29-32-17-23-63-24-18-32/h7-14,16,20,25-27,30,32,43-44,52H,3-6,15,17-19,21-24,28-29,31H2,1-2H3,(H,51,53)(H,54,58)/t43-,44-/m1/s1. The molecule has 4 heterocycles. The summed E-state index contributed by atoms with van der Waals surface area (Å²) >= 11 is 6.31. The fraction of sp³-hybridized carbons (Fsp3) is 0.429. The van der Waals surface area contributed by atoms with Gasteiger partial charge in [-0.15, -0.1) is 0 Å². The zero-order chi connectivity index (χ0) is 45.3. The van der Waals surface area contributed by atoms with Gasteiger partial charge in [-0.1, -0.05) is 56.0 Å². The van der Waals surface area contributed by atoms with E-state index in [4.69, 9.17) is 21.1 Å².